The second-order valence-electron chi connectivity index (χ2n) is 4.30. The summed E-state index contributed by atoms with van der Waals surface area (Å²) in [5.41, 5.74) is 0.366. The molecule has 0 aliphatic heterocycles. The number of hydrogen-bond donors (Lipinski definition) is 0. The summed E-state index contributed by atoms with van der Waals surface area (Å²) < 4.78 is 18.2. The SMILES string of the molecule is O=[N+]([O-])c1ccc(C=Cc2nc(Cl)c3ccc(F)cc3n2)o1. The van der Waals surface area contributed by atoms with Gasteiger partial charge < -0.3 is 4.42 Å². The zero-order chi connectivity index (χ0) is 15.7. The van der Waals surface area contributed by atoms with Crippen molar-refractivity contribution in [3.63, 3.8) is 0 Å². The highest BCUT2D eigenvalue weighted by molar-refractivity contribution is 6.34. The van der Waals surface area contributed by atoms with Crippen LogP contribution in [-0.4, -0.2) is 14.9 Å². The molecule has 0 amide bonds. The van der Waals surface area contributed by atoms with Crippen molar-refractivity contribution in [3.05, 3.63) is 63.0 Å². The molecular weight excluding hydrogens is 313 g/mol. The van der Waals surface area contributed by atoms with E-state index in [0.717, 1.165) is 0 Å². The maximum Gasteiger partial charge on any atom is 0.433 e. The van der Waals surface area contributed by atoms with E-state index in [4.69, 9.17) is 16.0 Å². The summed E-state index contributed by atoms with van der Waals surface area (Å²) in [6.07, 6.45) is 2.93. The van der Waals surface area contributed by atoms with Crippen molar-refractivity contribution < 1.29 is 13.7 Å². The van der Waals surface area contributed by atoms with Crippen LogP contribution in [0.15, 0.2) is 34.7 Å². The van der Waals surface area contributed by atoms with Gasteiger partial charge in [0.2, 0.25) is 0 Å². The standard InChI is InChI=1S/C14H7ClFN3O3/c15-14-10-4-1-8(16)7-11(10)17-12(18-14)5-2-9-3-6-13(22-9)19(20)21/h1-7H. The molecule has 2 aromatic heterocycles. The number of fused-ring (bicyclic) bond motifs is 1. The van der Waals surface area contributed by atoms with Crippen LogP contribution in [0.3, 0.4) is 0 Å². The van der Waals surface area contributed by atoms with Crippen LogP contribution >= 0.6 is 11.6 Å². The van der Waals surface area contributed by atoms with Gasteiger partial charge in [0.15, 0.2) is 5.82 Å². The monoisotopic (exact) mass is 319 g/mol. The van der Waals surface area contributed by atoms with E-state index in [9.17, 15) is 14.5 Å². The molecule has 0 bridgehead atoms. The minimum absolute atomic E-state index is 0.190. The van der Waals surface area contributed by atoms with Gasteiger partial charge in [0.25, 0.3) is 0 Å². The Labute approximate surface area is 128 Å². The topological polar surface area (TPSA) is 82.1 Å². The summed E-state index contributed by atoms with van der Waals surface area (Å²) in [7, 11) is 0. The van der Waals surface area contributed by atoms with E-state index < -0.39 is 10.7 Å². The first-order valence-electron chi connectivity index (χ1n) is 6.08. The summed E-state index contributed by atoms with van der Waals surface area (Å²) in [4.78, 5) is 18.1. The minimum atomic E-state index is -0.635. The number of nitrogens with zero attached hydrogens (tertiary/aromatic N) is 3. The summed E-state index contributed by atoms with van der Waals surface area (Å²) >= 11 is 6.02. The lowest BCUT2D eigenvalue weighted by Crippen LogP contribution is -1.91. The van der Waals surface area contributed by atoms with Crippen molar-refractivity contribution >= 4 is 40.5 Å². The largest absolute Gasteiger partial charge is 0.433 e. The fourth-order valence-electron chi connectivity index (χ4n) is 1.84. The van der Waals surface area contributed by atoms with Crippen LogP contribution in [0.1, 0.15) is 11.6 Å². The number of halogens is 2. The zero-order valence-electron chi connectivity index (χ0n) is 10.9. The van der Waals surface area contributed by atoms with Crippen LogP contribution in [0.25, 0.3) is 23.1 Å². The van der Waals surface area contributed by atoms with Gasteiger partial charge in [-0.3, -0.25) is 10.1 Å². The summed E-state index contributed by atoms with van der Waals surface area (Å²) in [5.74, 6) is -0.286. The molecule has 1 aromatic carbocycles. The first kappa shape index (κ1) is 14.2. The smallest absolute Gasteiger partial charge is 0.401 e. The summed E-state index contributed by atoms with van der Waals surface area (Å²) in [6.45, 7) is 0. The molecule has 3 rings (SSSR count). The Morgan fingerprint density at radius 1 is 1.23 bits per heavy atom. The normalized spacial score (nSPS) is 11.4. The number of aromatic nitrogens is 2. The number of rotatable bonds is 3. The van der Waals surface area contributed by atoms with E-state index in [2.05, 4.69) is 9.97 Å². The second kappa shape index (κ2) is 5.53. The highest BCUT2D eigenvalue weighted by Crippen LogP contribution is 2.22. The predicted molar refractivity (Wildman–Crippen MR) is 78.8 cm³/mol. The van der Waals surface area contributed by atoms with Crippen LogP contribution in [0.5, 0.6) is 0 Å². The molecule has 0 unspecified atom stereocenters. The quantitative estimate of drug-likeness (QED) is 0.412. The summed E-state index contributed by atoms with van der Waals surface area (Å²) in [6, 6.07) is 6.70. The van der Waals surface area contributed by atoms with Gasteiger partial charge in [0, 0.05) is 11.5 Å². The van der Waals surface area contributed by atoms with Crippen molar-refractivity contribution in [3.8, 4) is 0 Å². The third kappa shape index (κ3) is 2.79. The van der Waals surface area contributed by atoms with E-state index in [1.165, 1.54) is 42.5 Å². The van der Waals surface area contributed by atoms with Gasteiger partial charge in [-0.2, -0.15) is 0 Å². The van der Waals surface area contributed by atoms with Crippen molar-refractivity contribution in [2.45, 2.75) is 0 Å². The molecule has 0 aliphatic rings. The average molecular weight is 320 g/mol. The molecule has 0 fully saturated rings. The van der Waals surface area contributed by atoms with Crippen LogP contribution in [0, 0.1) is 15.9 Å². The van der Waals surface area contributed by atoms with Crippen LogP contribution in [-0.2, 0) is 0 Å². The molecule has 0 spiro atoms. The highest BCUT2D eigenvalue weighted by atomic mass is 35.5. The van der Waals surface area contributed by atoms with Gasteiger partial charge in [-0.05, 0) is 30.4 Å². The molecule has 0 radical (unpaired) electrons. The molecule has 8 heteroatoms. The minimum Gasteiger partial charge on any atom is -0.401 e. The lowest BCUT2D eigenvalue weighted by atomic mass is 10.2. The third-order valence-corrected chi connectivity index (χ3v) is 3.11. The Morgan fingerprint density at radius 3 is 2.77 bits per heavy atom. The number of nitro groups is 1. The number of furan rings is 1. The van der Waals surface area contributed by atoms with E-state index in [0.29, 0.717) is 10.9 Å². The molecule has 2 heterocycles. The number of hydrogen-bond acceptors (Lipinski definition) is 5. The van der Waals surface area contributed by atoms with Gasteiger partial charge in [-0.25, -0.2) is 14.4 Å². The Kier molecular flexibility index (Phi) is 3.56. The highest BCUT2D eigenvalue weighted by Gasteiger charge is 2.10. The molecule has 0 atom stereocenters. The molecule has 0 saturated carbocycles. The maximum atomic E-state index is 13.2. The second-order valence-corrected chi connectivity index (χ2v) is 4.66. The fraction of sp³-hybridized carbons (Fsp3) is 0. The van der Waals surface area contributed by atoms with Gasteiger partial charge in [-0.15, -0.1) is 0 Å². The van der Waals surface area contributed by atoms with Gasteiger partial charge >= 0.3 is 5.88 Å². The molecule has 0 aliphatic carbocycles. The van der Waals surface area contributed by atoms with E-state index in [-0.39, 0.29) is 22.6 Å². The lowest BCUT2D eigenvalue weighted by Gasteiger charge is -2.01. The van der Waals surface area contributed by atoms with Crippen molar-refractivity contribution in [2.75, 3.05) is 0 Å². The van der Waals surface area contributed by atoms with Crippen molar-refractivity contribution in [1.29, 1.82) is 0 Å². The molecule has 0 N–H and O–H groups in total. The Hall–Kier alpha value is -2.80. The van der Waals surface area contributed by atoms with Crippen LogP contribution in [0.4, 0.5) is 10.3 Å². The number of benzene rings is 1. The Morgan fingerprint density at radius 2 is 2.05 bits per heavy atom. The maximum absolute atomic E-state index is 13.2. The predicted octanol–water partition coefficient (Wildman–Crippen LogP) is 4.09. The Bertz CT molecular complexity index is 907. The van der Waals surface area contributed by atoms with Crippen molar-refractivity contribution in [1.82, 2.24) is 9.97 Å². The van der Waals surface area contributed by atoms with E-state index in [1.807, 2.05) is 0 Å². The van der Waals surface area contributed by atoms with Crippen LogP contribution in [0.2, 0.25) is 5.15 Å². The van der Waals surface area contributed by atoms with E-state index >= 15 is 0 Å². The van der Waals surface area contributed by atoms with Gasteiger partial charge in [-0.1, -0.05) is 11.6 Å². The van der Waals surface area contributed by atoms with Gasteiger partial charge in [0.05, 0.1) is 11.6 Å². The Balaban J connectivity index is 1.95. The molecule has 0 saturated heterocycles. The first-order chi connectivity index (χ1) is 10.5. The first-order valence-corrected chi connectivity index (χ1v) is 6.46. The lowest BCUT2D eigenvalue weighted by molar-refractivity contribution is -0.402. The molecule has 110 valence electrons. The molecular formula is C14H7ClFN3O3. The summed E-state index contributed by atoms with van der Waals surface area (Å²) in [5, 5.41) is 11.2. The fourth-order valence-corrected chi connectivity index (χ4v) is 2.09. The van der Waals surface area contributed by atoms with E-state index in [1.54, 1.807) is 0 Å². The third-order valence-electron chi connectivity index (χ3n) is 2.82. The average Bonchev–Trinajstić information content (AvgIpc) is 2.93. The molecule has 3 aromatic rings. The van der Waals surface area contributed by atoms with Crippen molar-refractivity contribution in [2.24, 2.45) is 0 Å². The zero-order valence-corrected chi connectivity index (χ0v) is 11.6. The molecule has 6 nitrogen and oxygen atoms in total. The molecule has 22 heavy (non-hydrogen) atoms. The van der Waals surface area contributed by atoms with Gasteiger partial charge in [0.1, 0.15) is 21.7 Å². The van der Waals surface area contributed by atoms with Crippen LogP contribution < -0.4 is 0 Å².